The van der Waals surface area contributed by atoms with Crippen molar-refractivity contribution >= 4 is 34.1 Å². The highest BCUT2D eigenvalue weighted by atomic mass is 32.1. The zero-order valence-electron chi connectivity index (χ0n) is 11.1. The largest absolute Gasteiger partial charge is 0.353 e. The first kappa shape index (κ1) is 12.8. The molecule has 0 radical (unpaired) electrons. The molecule has 0 spiro atoms. The molecule has 0 aromatic carbocycles. The van der Waals surface area contributed by atoms with E-state index in [1.165, 1.54) is 0 Å². The molecule has 0 saturated carbocycles. The number of anilines is 2. The maximum atomic E-state index is 5.40. The van der Waals surface area contributed by atoms with Gasteiger partial charge >= 0.3 is 0 Å². The zero-order chi connectivity index (χ0) is 14.1. The number of hydrogen-bond donors (Lipinski definition) is 3. The number of nitrogens with one attached hydrogen (secondary N) is 2. The van der Waals surface area contributed by atoms with Crippen molar-refractivity contribution < 1.29 is 0 Å². The summed E-state index contributed by atoms with van der Waals surface area (Å²) >= 11 is 1.63. The standard InChI is InChI=1S/C11H14N8S/c1-6-14-7(5-20-6)4-19(2)10-8-3-13-18-9(8)15-11(16-10)17-12/h3,5H,4,12H2,1-2H3,(H2,13,15,16,17,18). The second-order valence-electron chi connectivity index (χ2n) is 4.36. The summed E-state index contributed by atoms with van der Waals surface area (Å²) < 4.78 is 0. The summed E-state index contributed by atoms with van der Waals surface area (Å²) in [6.45, 7) is 2.65. The Morgan fingerprint density at radius 3 is 2.95 bits per heavy atom. The van der Waals surface area contributed by atoms with E-state index in [1.54, 1.807) is 17.5 Å². The number of aromatic nitrogens is 5. The second-order valence-corrected chi connectivity index (χ2v) is 5.42. The van der Waals surface area contributed by atoms with Gasteiger partial charge in [0.25, 0.3) is 0 Å². The molecule has 8 nitrogen and oxygen atoms in total. The summed E-state index contributed by atoms with van der Waals surface area (Å²) in [7, 11) is 1.95. The van der Waals surface area contributed by atoms with Crippen LogP contribution in [0.3, 0.4) is 0 Å². The molecule has 3 aromatic rings. The lowest BCUT2D eigenvalue weighted by Gasteiger charge is -2.18. The fourth-order valence-electron chi connectivity index (χ4n) is 1.97. The quantitative estimate of drug-likeness (QED) is 0.486. The lowest BCUT2D eigenvalue weighted by molar-refractivity contribution is 0.872. The number of nitrogens with two attached hydrogens (primary N) is 1. The molecule has 0 fully saturated rings. The molecule has 3 heterocycles. The molecule has 3 rings (SSSR count). The normalized spacial score (nSPS) is 10.9. The van der Waals surface area contributed by atoms with E-state index in [9.17, 15) is 0 Å². The van der Waals surface area contributed by atoms with Crippen LogP contribution in [-0.4, -0.2) is 32.2 Å². The number of fused-ring (bicyclic) bond motifs is 1. The first-order valence-electron chi connectivity index (χ1n) is 5.97. The Hall–Kier alpha value is -2.26. The van der Waals surface area contributed by atoms with Crippen molar-refractivity contribution in [2.75, 3.05) is 17.4 Å². The number of aromatic amines is 1. The molecule has 104 valence electrons. The second kappa shape index (κ2) is 5.02. The van der Waals surface area contributed by atoms with Gasteiger partial charge in [-0.05, 0) is 6.92 Å². The zero-order valence-corrected chi connectivity index (χ0v) is 11.9. The van der Waals surface area contributed by atoms with Gasteiger partial charge in [-0.15, -0.1) is 11.3 Å². The van der Waals surface area contributed by atoms with Gasteiger partial charge in [0.15, 0.2) is 5.65 Å². The minimum atomic E-state index is 0.345. The molecular formula is C11H14N8S. The number of thiazole rings is 1. The van der Waals surface area contributed by atoms with E-state index in [0.717, 1.165) is 21.9 Å². The van der Waals surface area contributed by atoms with Gasteiger partial charge in [0.2, 0.25) is 5.95 Å². The van der Waals surface area contributed by atoms with E-state index in [0.29, 0.717) is 18.1 Å². The van der Waals surface area contributed by atoms with Gasteiger partial charge in [0.1, 0.15) is 5.82 Å². The van der Waals surface area contributed by atoms with Crippen molar-refractivity contribution in [2.24, 2.45) is 5.84 Å². The van der Waals surface area contributed by atoms with E-state index in [2.05, 4.69) is 30.6 Å². The van der Waals surface area contributed by atoms with Crippen LogP contribution in [0.5, 0.6) is 0 Å². The fourth-order valence-corrected chi connectivity index (χ4v) is 2.58. The van der Waals surface area contributed by atoms with Crippen molar-refractivity contribution in [1.29, 1.82) is 0 Å². The molecule has 0 atom stereocenters. The summed E-state index contributed by atoms with van der Waals surface area (Å²) in [5, 5.41) is 10.8. The van der Waals surface area contributed by atoms with Crippen LogP contribution in [0, 0.1) is 6.92 Å². The number of nitrogen functional groups attached to an aromatic ring is 1. The van der Waals surface area contributed by atoms with Crippen molar-refractivity contribution in [3.63, 3.8) is 0 Å². The predicted molar refractivity (Wildman–Crippen MR) is 78.5 cm³/mol. The fraction of sp³-hybridized carbons (Fsp3) is 0.273. The molecule has 3 aromatic heterocycles. The molecule has 0 aliphatic heterocycles. The molecule has 0 saturated heterocycles. The molecule has 4 N–H and O–H groups in total. The third-order valence-electron chi connectivity index (χ3n) is 2.85. The minimum absolute atomic E-state index is 0.345. The Morgan fingerprint density at radius 1 is 1.40 bits per heavy atom. The van der Waals surface area contributed by atoms with Crippen molar-refractivity contribution in [3.05, 3.63) is 22.3 Å². The Balaban J connectivity index is 1.97. The van der Waals surface area contributed by atoms with Crippen LogP contribution in [0.15, 0.2) is 11.6 Å². The van der Waals surface area contributed by atoms with E-state index < -0.39 is 0 Å². The van der Waals surface area contributed by atoms with Gasteiger partial charge < -0.3 is 4.90 Å². The number of rotatable bonds is 4. The van der Waals surface area contributed by atoms with Gasteiger partial charge in [-0.3, -0.25) is 10.5 Å². The number of hydrazine groups is 1. The van der Waals surface area contributed by atoms with Crippen molar-refractivity contribution in [3.8, 4) is 0 Å². The van der Waals surface area contributed by atoms with E-state index >= 15 is 0 Å². The van der Waals surface area contributed by atoms with Crippen LogP contribution in [0.1, 0.15) is 10.7 Å². The summed E-state index contributed by atoms with van der Waals surface area (Å²) in [6.07, 6.45) is 1.70. The number of nitrogens with zero attached hydrogens (tertiary/aromatic N) is 5. The van der Waals surface area contributed by atoms with Gasteiger partial charge in [-0.25, -0.2) is 10.8 Å². The molecule has 0 amide bonds. The van der Waals surface area contributed by atoms with Crippen LogP contribution >= 0.6 is 11.3 Å². The summed E-state index contributed by atoms with van der Waals surface area (Å²) in [6, 6.07) is 0. The highest BCUT2D eigenvalue weighted by Crippen LogP contribution is 2.24. The Labute approximate surface area is 119 Å². The first-order chi connectivity index (χ1) is 9.67. The van der Waals surface area contributed by atoms with Crippen molar-refractivity contribution in [2.45, 2.75) is 13.5 Å². The molecule has 0 bridgehead atoms. The Morgan fingerprint density at radius 2 is 2.25 bits per heavy atom. The van der Waals surface area contributed by atoms with Crippen molar-refractivity contribution in [1.82, 2.24) is 25.1 Å². The van der Waals surface area contributed by atoms with Crippen LogP contribution in [0.2, 0.25) is 0 Å². The Bertz CT molecular complexity index is 733. The molecular weight excluding hydrogens is 276 g/mol. The van der Waals surface area contributed by atoms with Crippen LogP contribution < -0.4 is 16.2 Å². The predicted octanol–water partition coefficient (Wildman–Crippen LogP) is 1.04. The molecule has 0 aliphatic carbocycles. The minimum Gasteiger partial charge on any atom is -0.353 e. The molecule has 0 aliphatic rings. The third-order valence-corrected chi connectivity index (χ3v) is 3.67. The van der Waals surface area contributed by atoms with E-state index in [4.69, 9.17) is 5.84 Å². The lowest BCUT2D eigenvalue weighted by atomic mass is 10.3. The smallest absolute Gasteiger partial charge is 0.241 e. The SMILES string of the molecule is Cc1nc(CN(C)c2nc(NN)nc3[nH]ncc23)cs1. The maximum absolute atomic E-state index is 5.40. The molecule has 0 unspecified atom stereocenters. The summed E-state index contributed by atoms with van der Waals surface area (Å²) in [4.78, 5) is 15.0. The highest BCUT2D eigenvalue weighted by Gasteiger charge is 2.14. The van der Waals surface area contributed by atoms with E-state index in [1.807, 2.05) is 24.3 Å². The third kappa shape index (κ3) is 2.28. The van der Waals surface area contributed by atoms with Gasteiger partial charge in [-0.1, -0.05) is 0 Å². The highest BCUT2D eigenvalue weighted by molar-refractivity contribution is 7.09. The monoisotopic (exact) mass is 290 g/mol. The average Bonchev–Trinajstić information content (AvgIpc) is 3.06. The summed E-state index contributed by atoms with van der Waals surface area (Å²) in [5.74, 6) is 6.49. The summed E-state index contributed by atoms with van der Waals surface area (Å²) in [5.41, 5.74) is 4.11. The first-order valence-corrected chi connectivity index (χ1v) is 6.85. The Kier molecular flexibility index (Phi) is 3.20. The van der Waals surface area contributed by atoms with E-state index in [-0.39, 0.29) is 0 Å². The lowest BCUT2D eigenvalue weighted by Crippen LogP contribution is -2.20. The van der Waals surface area contributed by atoms with Gasteiger partial charge in [0.05, 0.1) is 28.8 Å². The maximum Gasteiger partial charge on any atom is 0.241 e. The average molecular weight is 290 g/mol. The molecule has 9 heteroatoms. The number of hydrogen-bond acceptors (Lipinski definition) is 8. The number of H-pyrrole nitrogens is 1. The van der Waals surface area contributed by atoms with Crippen LogP contribution in [0.4, 0.5) is 11.8 Å². The molecule has 20 heavy (non-hydrogen) atoms. The van der Waals surface area contributed by atoms with Gasteiger partial charge in [0, 0.05) is 12.4 Å². The van der Waals surface area contributed by atoms with Crippen LogP contribution in [0.25, 0.3) is 11.0 Å². The topological polar surface area (TPSA) is 109 Å². The van der Waals surface area contributed by atoms with Crippen LogP contribution in [-0.2, 0) is 6.54 Å². The van der Waals surface area contributed by atoms with Gasteiger partial charge in [-0.2, -0.15) is 15.1 Å². The number of aryl methyl sites for hydroxylation is 1.